The van der Waals surface area contributed by atoms with Crippen molar-refractivity contribution < 1.29 is 16.8 Å². The summed E-state index contributed by atoms with van der Waals surface area (Å²) in [6, 6.07) is 4.96. The molecule has 0 aliphatic carbocycles. The number of nitrogens with two attached hydrogens (primary N) is 1. The highest BCUT2D eigenvalue weighted by molar-refractivity contribution is 8.66. The molecule has 1 rings (SSSR count). The van der Waals surface area contributed by atoms with Crippen molar-refractivity contribution in [2.75, 3.05) is 18.8 Å². The van der Waals surface area contributed by atoms with Crippen LogP contribution in [0.5, 0.6) is 0 Å². The minimum atomic E-state index is -4.65. The van der Waals surface area contributed by atoms with Crippen LogP contribution in [0.15, 0.2) is 29.2 Å². The minimum Gasteiger partial charge on any atom is -0.399 e. The van der Waals surface area contributed by atoms with Crippen LogP contribution in [0.3, 0.4) is 0 Å². The molecule has 20 heavy (non-hydrogen) atoms. The number of hydrogen-bond acceptors (Lipinski definition) is 7. The van der Waals surface area contributed by atoms with Gasteiger partial charge in [-0.15, -0.1) is 0 Å². The number of anilines is 1. The lowest BCUT2D eigenvalue weighted by atomic mass is 10.3. The maximum atomic E-state index is 12.2. The molecule has 10 heteroatoms. The van der Waals surface area contributed by atoms with Crippen LogP contribution < -0.4 is 16.6 Å². The fourth-order valence-electron chi connectivity index (χ4n) is 1.36. The fraction of sp³-hybridized carbons (Fsp3) is 0.400. The second-order valence-corrected chi connectivity index (χ2v) is 8.95. The Morgan fingerprint density at radius 3 is 1.85 bits per heavy atom. The molecular weight excluding hydrogens is 304 g/mol. The van der Waals surface area contributed by atoms with Crippen LogP contribution in [0, 0.1) is 0 Å². The molecule has 4 N–H and O–H groups in total. The molecule has 0 aromatic heterocycles. The lowest BCUT2D eigenvalue weighted by Gasteiger charge is -2.21. The van der Waals surface area contributed by atoms with Gasteiger partial charge in [-0.05, 0) is 24.3 Å². The summed E-state index contributed by atoms with van der Waals surface area (Å²) in [6.45, 7) is 3.78. The van der Waals surface area contributed by atoms with Crippen molar-refractivity contribution >= 4 is 23.6 Å². The van der Waals surface area contributed by atoms with Crippen molar-refractivity contribution in [3.05, 3.63) is 24.3 Å². The largest absolute Gasteiger partial charge is 0.399 e. The Hall–Kier alpha value is -1.20. The van der Waals surface area contributed by atoms with Crippen LogP contribution in [-0.4, -0.2) is 34.4 Å². The van der Waals surface area contributed by atoms with E-state index >= 15 is 0 Å². The van der Waals surface area contributed by atoms with Crippen molar-refractivity contribution in [3.8, 4) is 0 Å². The summed E-state index contributed by atoms with van der Waals surface area (Å²) in [5.41, 5.74) is 10.7. The quantitative estimate of drug-likeness (QED) is 0.356. The van der Waals surface area contributed by atoms with E-state index in [-0.39, 0.29) is 18.0 Å². The number of nitrogen functional groups attached to an aromatic ring is 1. The van der Waals surface area contributed by atoms with Crippen molar-refractivity contribution in [1.82, 2.24) is 15.4 Å². The third-order valence-corrected chi connectivity index (χ3v) is 7.07. The SMILES string of the molecule is CCNN(NCC)S(=O)(=O)S(=O)(=O)c1ccc(N)cc1. The summed E-state index contributed by atoms with van der Waals surface area (Å²) in [5.74, 6) is 0. The molecule has 0 unspecified atom stereocenters. The summed E-state index contributed by atoms with van der Waals surface area (Å²) < 4.78 is 49.3. The van der Waals surface area contributed by atoms with Gasteiger partial charge in [0.05, 0.1) is 4.90 Å². The second-order valence-electron chi connectivity index (χ2n) is 3.77. The average Bonchev–Trinajstić information content (AvgIpc) is 2.38. The predicted molar refractivity (Wildman–Crippen MR) is 76.2 cm³/mol. The first-order valence-corrected chi connectivity index (χ1v) is 9.34. The molecule has 0 radical (unpaired) electrons. The molecule has 0 fully saturated rings. The Kier molecular flexibility index (Phi) is 5.48. The first-order valence-electron chi connectivity index (χ1n) is 5.90. The summed E-state index contributed by atoms with van der Waals surface area (Å²) in [4.78, 5) is -0.340. The number of nitrogens with zero attached hydrogens (tertiary/aromatic N) is 1. The summed E-state index contributed by atoms with van der Waals surface area (Å²) in [7, 11) is -9.23. The van der Waals surface area contributed by atoms with Crippen LogP contribution >= 0.6 is 0 Å². The van der Waals surface area contributed by atoms with E-state index in [1.54, 1.807) is 13.8 Å². The molecule has 8 nitrogen and oxygen atoms in total. The first kappa shape index (κ1) is 16.9. The Bertz CT molecular complexity index is 634. The minimum absolute atomic E-state index is 0.240. The van der Waals surface area contributed by atoms with Crippen LogP contribution in [-0.2, 0) is 17.9 Å². The maximum Gasteiger partial charge on any atom is 0.350 e. The molecule has 0 amide bonds. The number of rotatable bonds is 7. The van der Waals surface area contributed by atoms with Gasteiger partial charge in [-0.25, -0.2) is 19.3 Å². The molecule has 114 valence electrons. The molecule has 1 aromatic rings. The van der Waals surface area contributed by atoms with Crippen LogP contribution in [0.1, 0.15) is 13.8 Å². The highest BCUT2D eigenvalue weighted by Gasteiger charge is 2.37. The Labute approximate surface area is 118 Å². The number of nitrogens with one attached hydrogen (secondary N) is 2. The average molecular weight is 322 g/mol. The van der Waals surface area contributed by atoms with Gasteiger partial charge in [0.2, 0.25) is 0 Å². The van der Waals surface area contributed by atoms with Gasteiger partial charge in [-0.3, -0.25) is 0 Å². The van der Waals surface area contributed by atoms with Gasteiger partial charge in [0.15, 0.2) is 0 Å². The Morgan fingerprint density at radius 2 is 1.45 bits per heavy atom. The molecule has 0 saturated heterocycles. The zero-order valence-electron chi connectivity index (χ0n) is 11.2. The van der Waals surface area contributed by atoms with E-state index in [0.29, 0.717) is 10.2 Å². The maximum absolute atomic E-state index is 12.2. The molecule has 0 heterocycles. The standard InChI is InChI=1S/C10H18N4O4S2/c1-3-12-14(13-4-2)20(17,18)19(15,16)10-7-5-9(11)6-8-10/h5-8,12-13H,3-4,11H2,1-2H3. The third kappa shape index (κ3) is 3.27. The zero-order valence-corrected chi connectivity index (χ0v) is 12.8. The molecular formula is C10H18N4O4S2. The molecule has 1 aromatic carbocycles. The topological polar surface area (TPSA) is 122 Å². The summed E-state index contributed by atoms with van der Waals surface area (Å²) >= 11 is 0. The summed E-state index contributed by atoms with van der Waals surface area (Å²) in [6.07, 6.45) is 0. The van der Waals surface area contributed by atoms with Crippen molar-refractivity contribution in [2.45, 2.75) is 18.7 Å². The van der Waals surface area contributed by atoms with Gasteiger partial charge in [0.1, 0.15) is 0 Å². The van der Waals surface area contributed by atoms with Gasteiger partial charge in [0, 0.05) is 18.8 Å². The third-order valence-electron chi connectivity index (χ3n) is 2.27. The van der Waals surface area contributed by atoms with E-state index < -0.39 is 17.9 Å². The van der Waals surface area contributed by atoms with Gasteiger partial charge < -0.3 is 5.73 Å². The zero-order chi connectivity index (χ0) is 15.4. The normalized spacial score (nSPS) is 12.8. The first-order chi connectivity index (χ1) is 9.27. The molecule has 0 spiro atoms. The van der Waals surface area contributed by atoms with E-state index in [2.05, 4.69) is 10.9 Å². The Balaban J connectivity index is 3.27. The number of hydrazine groups is 2. The smallest absolute Gasteiger partial charge is 0.350 e. The van der Waals surface area contributed by atoms with Crippen molar-refractivity contribution in [2.24, 2.45) is 0 Å². The van der Waals surface area contributed by atoms with E-state index in [1.165, 1.54) is 12.1 Å². The van der Waals surface area contributed by atoms with E-state index in [4.69, 9.17) is 5.73 Å². The van der Waals surface area contributed by atoms with Gasteiger partial charge in [-0.2, -0.15) is 8.42 Å². The second kappa shape index (κ2) is 6.50. The van der Waals surface area contributed by atoms with Crippen LogP contribution in [0.25, 0.3) is 0 Å². The molecule has 0 bridgehead atoms. The lowest BCUT2D eigenvalue weighted by Crippen LogP contribution is -2.53. The number of hydrogen-bond donors (Lipinski definition) is 3. The molecule has 0 aliphatic rings. The van der Waals surface area contributed by atoms with Crippen molar-refractivity contribution in [3.63, 3.8) is 0 Å². The predicted octanol–water partition coefficient (Wildman–Crippen LogP) is -0.362. The van der Waals surface area contributed by atoms with Gasteiger partial charge in [-0.1, -0.05) is 18.4 Å². The number of benzene rings is 1. The Morgan fingerprint density at radius 1 is 1.00 bits per heavy atom. The van der Waals surface area contributed by atoms with E-state index in [0.717, 1.165) is 12.1 Å². The van der Waals surface area contributed by atoms with Gasteiger partial charge in [0.25, 0.3) is 8.87 Å². The van der Waals surface area contributed by atoms with Crippen LogP contribution in [0.2, 0.25) is 0 Å². The molecule has 0 atom stereocenters. The molecule has 0 saturated carbocycles. The summed E-state index contributed by atoms with van der Waals surface area (Å²) in [5, 5.41) is 0. The van der Waals surface area contributed by atoms with Gasteiger partial charge >= 0.3 is 9.06 Å². The van der Waals surface area contributed by atoms with Crippen LogP contribution in [0.4, 0.5) is 5.69 Å². The lowest BCUT2D eigenvalue weighted by molar-refractivity contribution is 0.250. The highest BCUT2D eigenvalue weighted by Crippen LogP contribution is 2.20. The van der Waals surface area contributed by atoms with E-state index in [9.17, 15) is 16.8 Å². The van der Waals surface area contributed by atoms with E-state index in [1.807, 2.05) is 0 Å². The monoisotopic (exact) mass is 322 g/mol. The highest BCUT2D eigenvalue weighted by atomic mass is 33.2. The van der Waals surface area contributed by atoms with Crippen molar-refractivity contribution in [1.29, 1.82) is 0 Å². The fourth-order valence-corrected chi connectivity index (χ4v) is 4.81. The molecule has 0 aliphatic heterocycles.